The van der Waals surface area contributed by atoms with Crippen LogP contribution in [0.5, 0.6) is 0 Å². The van der Waals surface area contributed by atoms with E-state index in [0.29, 0.717) is 11.3 Å². The molecule has 1 aliphatic heterocycles. The van der Waals surface area contributed by atoms with E-state index in [-0.39, 0.29) is 5.92 Å². The van der Waals surface area contributed by atoms with Gasteiger partial charge in [-0.05, 0) is 36.8 Å². The van der Waals surface area contributed by atoms with Crippen molar-refractivity contribution in [3.05, 3.63) is 78.2 Å². The second-order valence-corrected chi connectivity index (χ2v) is 5.47. The molecular weight excluding hydrogens is 274 g/mol. The van der Waals surface area contributed by atoms with Crippen LogP contribution in [-0.4, -0.2) is 13.0 Å². The molecule has 0 saturated heterocycles. The zero-order chi connectivity index (χ0) is 16.3. The minimum absolute atomic E-state index is 0.0992. The Hall–Kier alpha value is -2.55. The van der Waals surface area contributed by atoms with Crippen molar-refractivity contribution in [1.82, 2.24) is 0 Å². The van der Waals surface area contributed by atoms with Gasteiger partial charge in [0.15, 0.2) is 0 Å². The lowest BCUT2D eigenvalue weighted by Gasteiger charge is -2.23. The summed E-state index contributed by atoms with van der Waals surface area (Å²) in [5.41, 5.74) is 3.43. The molecule has 3 heteroatoms. The number of hydrogen-bond donors (Lipinski definition) is 0. The molecule has 114 valence electrons. The minimum Gasteiger partial charge on any atom is -0.424 e. The highest BCUT2D eigenvalue weighted by Crippen LogP contribution is 2.32. The molecule has 1 aromatic carbocycles. The van der Waals surface area contributed by atoms with Gasteiger partial charge in [-0.2, -0.15) is 0 Å². The molecule has 0 saturated carbocycles. The Morgan fingerprint density at radius 3 is 2.64 bits per heavy atom. The van der Waals surface area contributed by atoms with E-state index in [4.69, 9.17) is 4.74 Å². The minimum atomic E-state index is -0.422. The predicted molar refractivity (Wildman–Crippen MR) is 90.5 cm³/mol. The number of benzene rings is 1. The third kappa shape index (κ3) is 3.37. The number of rotatable bonds is 2. The van der Waals surface area contributed by atoms with Crippen molar-refractivity contribution in [3.63, 3.8) is 0 Å². The monoisotopic (exact) mass is 295 g/mol. The molecule has 0 aliphatic carbocycles. The summed E-state index contributed by atoms with van der Waals surface area (Å²) < 4.78 is 5.39. The normalized spacial score (nSPS) is 21.6. The Bertz CT molecular complexity index is 682. The molecule has 3 nitrogen and oxygen atoms in total. The smallest absolute Gasteiger partial charge is 0.338 e. The highest BCUT2D eigenvalue weighted by molar-refractivity contribution is 5.88. The summed E-state index contributed by atoms with van der Waals surface area (Å²) in [5, 5.41) is 0. The van der Waals surface area contributed by atoms with Crippen LogP contribution in [0.3, 0.4) is 0 Å². The molecule has 1 aromatic rings. The zero-order valence-corrected chi connectivity index (χ0v) is 13.3. The lowest BCUT2D eigenvalue weighted by Crippen LogP contribution is -2.16. The molecule has 22 heavy (non-hydrogen) atoms. The first-order valence-corrected chi connectivity index (χ1v) is 7.19. The number of anilines is 1. The van der Waals surface area contributed by atoms with Gasteiger partial charge >= 0.3 is 5.97 Å². The largest absolute Gasteiger partial charge is 0.424 e. The van der Waals surface area contributed by atoms with E-state index >= 15 is 0 Å². The van der Waals surface area contributed by atoms with Crippen LogP contribution in [-0.2, 0) is 9.53 Å². The van der Waals surface area contributed by atoms with Crippen molar-refractivity contribution >= 4 is 11.7 Å². The first-order valence-electron chi connectivity index (χ1n) is 7.19. The maximum Gasteiger partial charge on any atom is 0.338 e. The SMILES string of the molecule is C=C(C)C(=O)OC1=C/C(C)c2ccccc2N(C)C(=C)/C=C\1. The maximum absolute atomic E-state index is 11.8. The summed E-state index contributed by atoms with van der Waals surface area (Å²) in [5.74, 6) is 0.184. The fourth-order valence-electron chi connectivity index (χ4n) is 2.28. The van der Waals surface area contributed by atoms with Crippen LogP contribution >= 0.6 is 0 Å². The molecule has 0 radical (unpaired) electrons. The quantitative estimate of drug-likeness (QED) is 0.601. The summed E-state index contributed by atoms with van der Waals surface area (Å²) in [6.45, 7) is 11.4. The third-order valence-corrected chi connectivity index (χ3v) is 3.63. The van der Waals surface area contributed by atoms with E-state index in [2.05, 4.69) is 32.2 Å². The molecule has 1 heterocycles. The molecule has 1 atom stereocenters. The Morgan fingerprint density at radius 2 is 1.95 bits per heavy atom. The van der Waals surface area contributed by atoms with Crippen LogP contribution in [0.1, 0.15) is 25.3 Å². The summed E-state index contributed by atoms with van der Waals surface area (Å²) in [7, 11) is 1.98. The van der Waals surface area contributed by atoms with Crippen molar-refractivity contribution in [2.45, 2.75) is 19.8 Å². The summed E-state index contributed by atoms with van der Waals surface area (Å²) in [6.07, 6.45) is 5.54. The summed E-state index contributed by atoms with van der Waals surface area (Å²) in [4.78, 5) is 13.8. The fourth-order valence-corrected chi connectivity index (χ4v) is 2.28. The molecule has 0 spiro atoms. The molecule has 2 rings (SSSR count). The highest BCUT2D eigenvalue weighted by Gasteiger charge is 2.16. The van der Waals surface area contributed by atoms with E-state index in [9.17, 15) is 4.79 Å². The molecule has 1 aliphatic rings. The number of likely N-dealkylation sites (N-methyl/N-ethyl adjacent to an activating group) is 1. The number of fused-ring (bicyclic) bond motifs is 1. The van der Waals surface area contributed by atoms with Crippen LogP contribution in [0.15, 0.2) is 72.7 Å². The molecular formula is C19H21NO2. The number of nitrogens with zero attached hydrogens (tertiary/aromatic N) is 1. The lowest BCUT2D eigenvalue weighted by molar-refractivity contribution is -0.134. The van der Waals surface area contributed by atoms with Crippen LogP contribution in [0, 0.1) is 0 Å². The van der Waals surface area contributed by atoms with Crippen molar-refractivity contribution in [2.24, 2.45) is 0 Å². The van der Waals surface area contributed by atoms with Gasteiger partial charge in [-0.3, -0.25) is 0 Å². The molecule has 0 bridgehead atoms. The van der Waals surface area contributed by atoms with E-state index in [1.165, 1.54) is 0 Å². The topological polar surface area (TPSA) is 29.5 Å². The first-order chi connectivity index (χ1) is 10.4. The average molecular weight is 295 g/mol. The van der Waals surface area contributed by atoms with Gasteiger partial charge in [0.2, 0.25) is 0 Å². The zero-order valence-electron chi connectivity index (χ0n) is 13.3. The van der Waals surface area contributed by atoms with E-state index < -0.39 is 5.97 Å². The van der Waals surface area contributed by atoms with Crippen LogP contribution < -0.4 is 4.90 Å². The van der Waals surface area contributed by atoms with Gasteiger partial charge in [0, 0.05) is 29.9 Å². The molecule has 0 amide bonds. The van der Waals surface area contributed by atoms with Crippen molar-refractivity contribution in [2.75, 3.05) is 11.9 Å². The van der Waals surface area contributed by atoms with Crippen molar-refractivity contribution in [3.8, 4) is 0 Å². The Morgan fingerprint density at radius 1 is 1.27 bits per heavy atom. The van der Waals surface area contributed by atoms with Gasteiger partial charge < -0.3 is 9.64 Å². The molecule has 0 N–H and O–H groups in total. The fraction of sp³-hybridized carbons (Fsp3) is 0.211. The third-order valence-electron chi connectivity index (χ3n) is 3.63. The van der Waals surface area contributed by atoms with E-state index in [1.54, 1.807) is 13.0 Å². The lowest BCUT2D eigenvalue weighted by atomic mass is 9.98. The number of para-hydroxylation sites is 1. The van der Waals surface area contributed by atoms with Gasteiger partial charge in [0.1, 0.15) is 5.76 Å². The van der Waals surface area contributed by atoms with Crippen molar-refractivity contribution in [1.29, 1.82) is 0 Å². The molecule has 0 fully saturated rings. The van der Waals surface area contributed by atoms with Crippen LogP contribution in [0.4, 0.5) is 5.69 Å². The second kappa shape index (κ2) is 6.48. The summed E-state index contributed by atoms with van der Waals surface area (Å²) >= 11 is 0. The second-order valence-electron chi connectivity index (χ2n) is 5.47. The number of hydrogen-bond acceptors (Lipinski definition) is 3. The standard InChI is InChI=1S/C19H21NO2/c1-13(2)19(21)22-16-11-10-15(4)20(5)18-9-7-6-8-17(18)14(3)12-16/h6-12,14H,1,4H2,2-3,5H3/b11-10-,16-12+. The van der Waals surface area contributed by atoms with Gasteiger partial charge in [-0.25, -0.2) is 4.79 Å². The number of esters is 1. The number of allylic oxidation sites excluding steroid dienone is 3. The first kappa shape index (κ1) is 15.8. The maximum atomic E-state index is 11.8. The number of ether oxygens (including phenoxy) is 1. The van der Waals surface area contributed by atoms with E-state index in [1.807, 2.05) is 36.2 Å². The summed E-state index contributed by atoms with van der Waals surface area (Å²) in [6, 6.07) is 8.14. The van der Waals surface area contributed by atoms with E-state index in [0.717, 1.165) is 16.9 Å². The molecule has 1 unspecified atom stereocenters. The highest BCUT2D eigenvalue weighted by atomic mass is 16.5. The number of carbonyl (C=O) groups excluding carboxylic acids is 1. The molecule has 0 aromatic heterocycles. The van der Waals surface area contributed by atoms with Gasteiger partial charge in [0.25, 0.3) is 0 Å². The average Bonchev–Trinajstić information content (AvgIpc) is 2.54. The van der Waals surface area contributed by atoms with Crippen molar-refractivity contribution < 1.29 is 9.53 Å². The van der Waals surface area contributed by atoms with Gasteiger partial charge in [0.05, 0.1) is 0 Å². The number of carbonyl (C=O) groups is 1. The van der Waals surface area contributed by atoms with Crippen LogP contribution in [0.25, 0.3) is 0 Å². The van der Waals surface area contributed by atoms with Gasteiger partial charge in [-0.15, -0.1) is 0 Å². The Balaban J connectivity index is 2.46. The van der Waals surface area contributed by atoms with Crippen LogP contribution in [0.2, 0.25) is 0 Å². The Labute approximate surface area is 131 Å². The van der Waals surface area contributed by atoms with Gasteiger partial charge in [-0.1, -0.05) is 38.3 Å². The predicted octanol–water partition coefficient (Wildman–Crippen LogP) is 4.31. The Kier molecular flexibility index (Phi) is 4.66.